The molecule has 2 fully saturated rings. The summed E-state index contributed by atoms with van der Waals surface area (Å²) in [5, 5.41) is 0. The van der Waals surface area contributed by atoms with Gasteiger partial charge in [0, 0.05) is 11.1 Å². The summed E-state index contributed by atoms with van der Waals surface area (Å²) in [4.78, 5) is 56.4. The number of rotatable bonds is 3. The fourth-order valence-corrected chi connectivity index (χ4v) is 5.63. The summed E-state index contributed by atoms with van der Waals surface area (Å²) in [6, 6.07) is 20.5. The van der Waals surface area contributed by atoms with E-state index in [4.69, 9.17) is 9.47 Å². The lowest BCUT2D eigenvalue weighted by Gasteiger charge is -2.27. The molecule has 0 aromatic heterocycles. The maximum absolute atomic E-state index is 14.0. The van der Waals surface area contributed by atoms with Gasteiger partial charge in [-0.05, 0) is 24.6 Å². The molecule has 2 saturated heterocycles. The topological polar surface area (TPSA) is 90.0 Å². The summed E-state index contributed by atoms with van der Waals surface area (Å²) >= 11 is 0. The van der Waals surface area contributed by atoms with Crippen LogP contribution >= 0.6 is 0 Å². The Morgan fingerprint density at radius 2 is 1.40 bits per heavy atom. The summed E-state index contributed by atoms with van der Waals surface area (Å²) in [6.07, 6.45) is -0.945. The number of imide groups is 1. The molecule has 7 nitrogen and oxygen atoms in total. The average molecular weight is 467 g/mol. The summed E-state index contributed by atoms with van der Waals surface area (Å²) in [7, 11) is 1.45. The van der Waals surface area contributed by atoms with Crippen molar-refractivity contribution in [3.8, 4) is 5.75 Å². The first-order valence-electron chi connectivity index (χ1n) is 11.3. The van der Waals surface area contributed by atoms with E-state index in [1.807, 2.05) is 19.1 Å². The molecule has 35 heavy (non-hydrogen) atoms. The quantitative estimate of drug-likeness (QED) is 0.431. The lowest BCUT2D eigenvalue weighted by Crippen LogP contribution is -2.51. The third-order valence-corrected chi connectivity index (χ3v) is 7.25. The fraction of sp³-hybridized carbons (Fsp3) is 0.214. The van der Waals surface area contributed by atoms with Crippen molar-refractivity contribution in [3.05, 3.63) is 95.1 Å². The number of hydrogen-bond acceptors (Lipinski definition) is 6. The summed E-state index contributed by atoms with van der Waals surface area (Å²) in [5.41, 5.74) is 0.221. The van der Waals surface area contributed by atoms with Crippen LogP contribution in [0.25, 0.3) is 0 Å². The molecule has 3 aliphatic rings. The van der Waals surface area contributed by atoms with E-state index in [0.717, 1.165) is 10.5 Å². The summed E-state index contributed by atoms with van der Waals surface area (Å²) in [6.45, 7) is 1.93. The Morgan fingerprint density at radius 1 is 0.800 bits per heavy atom. The highest BCUT2D eigenvalue weighted by atomic mass is 16.5. The molecule has 0 N–H and O–H groups in total. The number of benzene rings is 3. The molecule has 6 rings (SSSR count). The van der Waals surface area contributed by atoms with E-state index in [1.54, 1.807) is 60.7 Å². The van der Waals surface area contributed by atoms with E-state index < -0.39 is 46.9 Å². The van der Waals surface area contributed by atoms with E-state index in [2.05, 4.69) is 0 Å². The molecule has 1 aliphatic carbocycles. The molecule has 174 valence electrons. The van der Waals surface area contributed by atoms with Crippen molar-refractivity contribution >= 4 is 29.1 Å². The van der Waals surface area contributed by atoms with Gasteiger partial charge < -0.3 is 9.47 Å². The van der Waals surface area contributed by atoms with Crippen LogP contribution in [0.15, 0.2) is 72.8 Å². The average Bonchev–Trinajstić information content (AvgIpc) is 3.44. The largest absolute Gasteiger partial charge is 0.495 e. The first kappa shape index (κ1) is 21.4. The van der Waals surface area contributed by atoms with E-state index >= 15 is 0 Å². The number of ether oxygens (including phenoxy) is 2. The van der Waals surface area contributed by atoms with Gasteiger partial charge in [-0.15, -0.1) is 0 Å². The van der Waals surface area contributed by atoms with Gasteiger partial charge in [-0.2, -0.15) is 0 Å². The Morgan fingerprint density at radius 3 is 2.03 bits per heavy atom. The van der Waals surface area contributed by atoms with Crippen LogP contribution in [-0.4, -0.2) is 36.1 Å². The van der Waals surface area contributed by atoms with Crippen molar-refractivity contribution < 1.29 is 28.7 Å². The van der Waals surface area contributed by atoms with Crippen molar-refractivity contribution in [1.82, 2.24) is 0 Å². The van der Waals surface area contributed by atoms with Crippen LogP contribution in [0, 0.1) is 18.8 Å². The predicted octanol–water partition coefficient (Wildman–Crippen LogP) is 3.70. The number of carbonyl (C=O) groups excluding carboxylic acids is 4. The van der Waals surface area contributed by atoms with Gasteiger partial charge in [0.2, 0.25) is 29.0 Å². The minimum Gasteiger partial charge on any atom is -0.495 e. The minimum absolute atomic E-state index is 0.205. The number of para-hydroxylation sites is 2. The van der Waals surface area contributed by atoms with Gasteiger partial charge in [0.25, 0.3) is 0 Å². The molecule has 0 radical (unpaired) electrons. The standard InChI is InChI=1S/C28H21NO6/c1-15-11-13-16(14-12-15)23-21-22(27(33)29(26(21)32)19-9-5-6-10-20(19)34-2)28(35-23)24(30)17-7-3-4-8-18(17)25(28)31/h3-14,21-23H,1-2H3/t21-,22-,23+/m0/s1. The first-order valence-corrected chi connectivity index (χ1v) is 11.3. The highest BCUT2D eigenvalue weighted by Crippen LogP contribution is 2.58. The fourth-order valence-electron chi connectivity index (χ4n) is 5.63. The molecule has 3 aromatic carbocycles. The Labute approximate surface area is 201 Å². The first-order chi connectivity index (χ1) is 16.9. The predicted molar refractivity (Wildman–Crippen MR) is 125 cm³/mol. The monoisotopic (exact) mass is 467 g/mol. The zero-order valence-electron chi connectivity index (χ0n) is 19.1. The Balaban J connectivity index is 1.55. The van der Waals surface area contributed by atoms with E-state index in [0.29, 0.717) is 11.3 Å². The smallest absolute Gasteiger partial charge is 0.241 e. The number of fused-ring (bicyclic) bond motifs is 3. The molecule has 1 spiro atoms. The normalized spacial score (nSPS) is 24.3. The maximum Gasteiger partial charge on any atom is 0.241 e. The number of methoxy groups -OCH3 is 1. The second kappa shape index (κ2) is 7.45. The number of hydrogen-bond donors (Lipinski definition) is 0. The van der Waals surface area contributed by atoms with Crippen LogP contribution in [-0.2, 0) is 14.3 Å². The molecular formula is C28H21NO6. The maximum atomic E-state index is 14.0. The van der Waals surface area contributed by atoms with Gasteiger partial charge in [0.05, 0.1) is 30.7 Å². The molecule has 7 heteroatoms. The van der Waals surface area contributed by atoms with Crippen LogP contribution in [0.4, 0.5) is 5.69 Å². The SMILES string of the molecule is COc1ccccc1N1C(=O)[C@@H]2[C@@H](c3ccc(C)cc3)OC3(C(=O)c4ccccc4C3=O)[C@@H]2C1=O. The van der Waals surface area contributed by atoms with Gasteiger partial charge in [0.15, 0.2) is 0 Å². The number of amides is 2. The number of anilines is 1. The van der Waals surface area contributed by atoms with Gasteiger partial charge in [0.1, 0.15) is 5.75 Å². The van der Waals surface area contributed by atoms with Gasteiger partial charge >= 0.3 is 0 Å². The lowest BCUT2D eigenvalue weighted by molar-refractivity contribution is -0.127. The minimum atomic E-state index is -2.09. The second-order valence-corrected chi connectivity index (χ2v) is 9.08. The van der Waals surface area contributed by atoms with E-state index in [1.165, 1.54) is 7.11 Å². The molecule has 0 unspecified atom stereocenters. The highest BCUT2D eigenvalue weighted by molar-refractivity contribution is 6.37. The third kappa shape index (κ3) is 2.70. The van der Waals surface area contributed by atoms with E-state index in [-0.39, 0.29) is 16.8 Å². The Bertz CT molecular complexity index is 1390. The van der Waals surface area contributed by atoms with Crippen molar-refractivity contribution in [2.45, 2.75) is 18.6 Å². The van der Waals surface area contributed by atoms with Crippen molar-refractivity contribution in [1.29, 1.82) is 0 Å². The van der Waals surface area contributed by atoms with Crippen molar-refractivity contribution in [3.63, 3.8) is 0 Å². The molecule has 0 bridgehead atoms. The van der Waals surface area contributed by atoms with Crippen LogP contribution < -0.4 is 9.64 Å². The second-order valence-electron chi connectivity index (χ2n) is 9.08. The van der Waals surface area contributed by atoms with Gasteiger partial charge in [-0.3, -0.25) is 19.2 Å². The molecular weight excluding hydrogens is 446 g/mol. The molecule has 3 atom stereocenters. The van der Waals surface area contributed by atoms with Crippen LogP contribution in [0.2, 0.25) is 0 Å². The number of ketones is 2. The molecule has 2 amide bonds. The third-order valence-electron chi connectivity index (χ3n) is 7.25. The summed E-state index contributed by atoms with van der Waals surface area (Å²) < 4.78 is 11.7. The summed E-state index contributed by atoms with van der Waals surface area (Å²) in [5.74, 6) is -4.33. The zero-order valence-corrected chi connectivity index (χ0v) is 19.1. The van der Waals surface area contributed by atoms with Gasteiger partial charge in [-0.1, -0.05) is 66.2 Å². The number of aryl methyl sites for hydroxylation is 1. The Kier molecular flexibility index (Phi) is 4.56. The highest BCUT2D eigenvalue weighted by Gasteiger charge is 2.74. The van der Waals surface area contributed by atoms with E-state index in [9.17, 15) is 19.2 Å². The molecule has 2 heterocycles. The van der Waals surface area contributed by atoms with Crippen LogP contribution in [0.1, 0.15) is 37.9 Å². The number of nitrogens with zero attached hydrogens (tertiary/aromatic N) is 1. The Hall–Kier alpha value is -4.10. The molecule has 0 saturated carbocycles. The van der Waals surface area contributed by atoms with Crippen molar-refractivity contribution in [2.75, 3.05) is 12.0 Å². The molecule has 2 aliphatic heterocycles. The zero-order chi connectivity index (χ0) is 24.5. The lowest BCUT2D eigenvalue weighted by atomic mass is 9.77. The van der Waals surface area contributed by atoms with Crippen LogP contribution in [0.3, 0.4) is 0 Å². The van der Waals surface area contributed by atoms with Gasteiger partial charge in [-0.25, -0.2) is 4.90 Å². The number of carbonyl (C=O) groups is 4. The molecule has 3 aromatic rings. The number of Topliss-reactive ketones (excluding diaryl/α,β-unsaturated/α-hetero) is 2. The van der Waals surface area contributed by atoms with Crippen molar-refractivity contribution in [2.24, 2.45) is 11.8 Å². The van der Waals surface area contributed by atoms with Crippen LogP contribution in [0.5, 0.6) is 5.75 Å².